The fourth-order valence-corrected chi connectivity index (χ4v) is 5.36. The van der Waals surface area contributed by atoms with Gasteiger partial charge in [0.05, 0.1) is 18.1 Å². The number of ether oxygens (including phenoxy) is 4. The first-order valence-electron chi connectivity index (χ1n) is 8.97. The highest BCUT2D eigenvalue weighted by molar-refractivity contribution is 5.96. The SMILES string of the molecule is CC(=O)OC[C@]12CC(=O)C(C)=C[C@H]1O[C@@H]1C(OC(C)=O)C[C@@]2(C)[C@@]12CO2. The van der Waals surface area contributed by atoms with Crippen LogP contribution in [0.3, 0.4) is 0 Å². The van der Waals surface area contributed by atoms with Crippen molar-refractivity contribution in [2.45, 2.75) is 64.4 Å². The van der Waals surface area contributed by atoms with Gasteiger partial charge in [0.25, 0.3) is 0 Å². The van der Waals surface area contributed by atoms with Crippen molar-refractivity contribution in [1.29, 1.82) is 0 Å². The number of allylic oxidation sites excluding steroid dienone is 1. The summed E-state index contributed by atoms with van der Waals surface area (Å²) in [6.45, 7) is 7.11. The summed E-state index contributed by atoms with van der Waals surface area (Å²) in [6, 6.07) is 0. The van der Waals surface area contributed by atoms with E-state index in [9.17, 15) is 14.4 Å². The first-order valence-corrected chi connectivity index (χ1v) is 8.97. The van der Waals surface area contributed by atoms with Crippen molar-refractivity contribution in [3.63, 3.8) is 0 Å². The van der Waals surface area contributed by atoms with Crippen molar-refractivity contribution >= 4 is 17.7 Å². The minimum absolute atomic E-state index is 0.0170. The number of fused-ring (bicyclic) bond motifs is 2. The standard InChI is InChI=1S/C19H24O7/c1-10-5-15-18(6-13(10)22,8-23-11(2)20)17(4)7-14(25-12(3)21)16(26-15)19(17)9-24-19/h5,14-16H,6-9H2,1-4H3/t14?,15-,16-,17-,18-,19-/m1/s1. The number of epoxide rings is 1. The number of hydrogen-bond donors (Lipinski definition) is 0. The Bertz CT molecular complexity index is 721. The van der Waals surface area contributed by atoms with Crippen LogP contribution >= 0.6 is 0 Å². The van der Waals surface area contributed by atoms with E-state index in [1.165, 1.54) is 13.8 Å². The minimum atomic E-state index is -0.739. The molecule has 4 aliphatic rings. The van der Waals surface area contributed by atoms with Gasteiger partial charge in [-0.05, 0) is 25.0 Å². The number of Topliss-reactive ketones (excluding diaryl/α,β-unsaturated/α-hetero) is 1. The Morgan fingerprint density at radius 3 is 2.58 bits per heavy atom. The van der Waals surface area contributed by atoms with E-state index in [-0.39, 0.29) is 30.9 Å². The zero-order valence-electron chi connectivity index (χ0n) is 15.5. The van der Waals surface area contributed by atoms with Crippen LogP contribution in [0.2, 0.25) is 0 Å². The van der Waals surface area contributed by atoms with Crippen LogP contribution in [0, 0.1) is 10.8 Å². The first kappa shape index (κ1) is 17.7. The molecule has 0 radical (unpaired) electrons. The van der Waals surface area contributed by atoms with Gasteiger partial charge in [-0.3, -0.25) is 14.4 Å². The Labute approximate surface area is 152 Å². The second kappa shape index (κ2) is 5.39. The summed E-state index contributed by atoms with van der Waals surface area (Å²) in [5.74, 6) is -0.753. The molecule has 142 valence electrons. The average Bonchev–Trinajstić information content (AvgIpc) is 3.30. The van der Waals surface area contributed by atoms with Crippen LogP contribution in [0.5, 0.6) is 0 Å². The van der Waals surface area contributed by atoms with Gasteiger partial charge in [-0.15, -0.1) is 0 Å². The van der Waals surface area contributed by atoms with Gasteiger partial charge >= 0.3 is 11.9 Å². The lowest BCUT2D eigenvalue weighted by atomic mass is 9.52. The summed E-state index contributed by atoms with van der Waals surface area (Å²) < 4.78 is 23.2. The molecule has 1 saturated carbocycles. The van der Waals surface area contributed by atoms with Crippen LogP contribution in [0.1, 0.15) is 40.5 Å². The Hall–Kier alpha value is -1.73. The second-order valence-electron chi connectivity index (χ2n) is 8.23. The molecule has 1 spiro atoms. The summed E-state index contributed by atoms with van der Waals surface area (Å²) in [4.78, 5) is 35.7. The molecule has 2 heterocycles. The smallest absolute Gasteiger partial charge is 0.302 e. The normalized spacial score (nSPS) is 45.8. The fourth-order valence-electron chi connectivity index (χ4n) is 5.36. The molecule has 6 atom stereocenters. The molecule has 2 aliphatic heterocycles. The molecular formula is C19H24O7. The van der Waals surface area contributed by atoms with E-state index in [4.69, 9.17) is 18.9 Å². The van der Waals surface area contributed by atoms with Crippen LogP contribution < -0.4 is 0 Å². The fraction of sp³-hybridized carbons (Fsp3) is 0.737. The lowest BCUT2D eigenvalue weighted by molar-refractivity contribution is -0.222. The van der Waals surface area contributed by atoms with Crippen molar-refractivity contribution in [2.24, 2.45) is 10.8 Å². The van der Waals surface area contributed by atoms with Crippen LogP contribution in [-0.2, 0) is 33.3 Å². The number of ketones is 1. The van der Waals surface area contributed by atoms with Gasteiger partial charge in [-0.1, -0.05) is 6.92 Å². The number of carbonyl (C=O) groups is 3. The molecule has 26 heavy (non-hydrogen) atoms. The number of esters is 2. The molecule has 0 N–H and O–H groups in total. The molecule has 7 nitrogen and oxygen atoms in total. The maximum atomic E-state index is 12.6. The van der Waals surface area contributed by atoms with Gasteiger partial charge < -0.3 is 18.9 Å². The Kier molecular flexibility index (Phi) is 3.66. The summed E-state index contributed by atoms with van der Waals surface area (Å²) in [7, 11) is 0. The Balaban J connectivity index is 1.81. The highest BCUT2D eigenvalue weighted by atomic mass is 16.7. The van der Waals surface area contributed by atoms with Gasteiger partial charge in [0, 0.05) is 25.7 Å². The first-order chi connectivity index (χ1) is 12.2. The van der Waals surface area contributed by atoms with Gasteiger partial charge in [-0.2, -0.15) is 0 Å². The molecule has 3 fully saturated rings. The minimum Gasteiger partial charge on any atom is -0.465 e. The summed E-state index contributed by atoms with van der Waals surface area (Å²) >= 11 is 0. The predicted molar refractivity (Wildman–Crippen MR) is 88.1 cm³/mol. The van der Waals surface area contributed by atoms with Crippen LogP contribution in [-0.4, -0.2) is 54.8 Å². The molecule has 4 rings (SSSR count). The molecule has 0 amide bonds. The van der Waals surface area contributed by atoms with Gasteiger partial charge in [0.15, 0.2) is 5.78 Å². The van der Waals surface area contributed by atoms with Crippen molar-refractivity contribution in [2.75, 3.05) is 13.2 Å². The van der Waals surface area contributed by atoms with E-state index in [0.717, 1.165) is 0 Å². The zero-order chi connectivity index (χ0) is 18.9. The summed E-state index contributed by atoms with van der Waals surface area (Å²) in [6.07, 6.45) is 1.33. The largest absolute Gasteiger partial charge is 0.465 e. The highest BCUT2D eigenvalue weighted by Crippen LogP contribution is 2.71. The van der Waals surface area contributed by atoms with E-state index in [2.05, 4.69) is 6.92 Å². The maximum Gasteiger partial charge on any atom is 0.302 e. The number of hydrogen-bond acceptors (Lipinski definition) is 7. The van der Waals surface area contributed by atoms with Crippen LogP contribution in [0.25, 0.3) is 0 Å². The lowest BCUT2D eigenvalue weighted by Gasteiger charge is -2.56. The molecule has 7 heteroatoms. The quantitative estimate of drug-likeness (QED) is 0.551. The molecule has 1 unspecified atom stereocenters. The average molecular weight is 364 g/mol. The number of rotatable bonds is 3. The maximum absolute atomic E-state index is 12.6. The molecule has 0 aromatic carbocycles. The zero-order valence-corrected chi connectivity index (χ0v) is 15.5. The topological polar surface area (TPSA) is 91.4 Å². The monoisotopic (exact) mass is 364 g/mol. The van der Waals surface area contributed by atoms with Gasteiger partial charge in [-0.25, -0.2) is 0 Å². The molecule has 2 aliphatic carbocycles. The second-order valence-corrected chi connectivity index (χ2v) is 8.23. The van der Waals surface area contributed by atoms with Gasteiger partial charge in [0.2, 0.25) is 0 Å². The molecule has 2 saturated heterocycles. The van der Waals surface area contributed by atoms with E-state index in [0.29, 0.717) is 18.6 Å². The third kappa shape index (κ3) is 2.10. The van der Waals surface area contributed by atoms with Crippen molar-refractivity contribution in [3.8, 4) is 0 Å². The Morgan fingerprint density at radius 2 is 2.00 bits per heavy atom. The molecule has 0 aromatic rings. The lowest BCUT2D eigenvalue weighted by Crippen LogP contribution is -2.65. The number of carbonyl (C=O) groups excluding carboxylic acids is 3. The summed E-state index contributed by atoms with van der Waals surface area (Å²) in [5, 5.41) is 0. The Morgan fingerprint density at radius 1 is 1.31 bits per heavy atom. The van der Waals surface area contributed by atoms with E-state index >= 15 is 0 Å². The summed E-state index contributed by atoms with van der Waals surface area (Å²) in [5.41, 5.74) is -1.22. The third-order valence-electron chi connectivity index (χ3n) is 6.90. The van der Waals surface area contributed by atoms with Crippen molar-refractivity contribution < 1.29 is 33.3 Å². The highest BCUT2D eigenvalue weighted by Gasteiger charge is 2.82. The van der Waals surface area contributed by atoms with Gasteiger partial charge in [0.1, 0.15) is 24.4 Å². The van der Waals surface area contributed by atoms with E-state index in [1.54, 1.807) is 6.92 Å². The molecule has 0 aromatic heterocycles. The molecular weight excluding hydrogens is 340 g/mol. The van der Waals surface area contributed by atoms with Crippen molar-refractivity contribution in [1.82, 2.24) is 0 Å². The van der Waals surface area contributed by atoms with E-state index in [1.807, 2.05) is 6.08 Å². The van der Waals surface area contributed by atoms with E-state index < -0.39 is 34.6 Å². The predicted octanol–water partition coefficient (Wildman–Crippen LogP) is 1.33. The van der Waals surface area contributed by atoms with Crippen molar-refractivity contribution in [3.05, 3.63) is 11.6 Å². The van der Waals surface area contributed by atoms with Crippen LogP contribution in [0.4, 0.5) is 0 Å². The van der Waals surface area contributed by atoms with Crippen LogP contribution in [0.15, 0.2) is 11.6 Å². The molecule has 2 bridgehead atoms. The third-order valence-corrected chi connectivity index (χ3v) is 6.90.